The number of H-pyrrole nitrogens is 1. The van der Waals surface area contributed by atoms with Gasteiger partial charge in [0.1, 0.15) is 5.82 Å². The fraction of sp³-hybridized carbons (Fsp3) is 0.643. The summed E-state index contributed by atoms with van der Waals surface area (Å²) < 4.78 is 0. The van der Waals surface area contributed by atoms with Crippen LogP contribution in [0.1, 0.15) is 19.8 Å². The number of hydrogen-bond donors (Lipinski definition) is 3. The number of aliphatic hydroxyl groups is 1. The zero-order chi connectivity index (χ0) is 14.4. The van der Waals surface area contributed by atoms with Gasteiger partial charge in [0.05, 0.1) is 17.7 Å². The van der Waals surface area contributed by atoms with Crippen LogP contribution in [0.25, 0.3) is 11.0 Å². The molecule has 0 bridgehead atoms. The number of nitrogens with zero attached hydrogens (tertiary/aromatic N) is 4. The van der Waals surface area contributed by atoms with E-state index in [2.05, 4.69) is 30.4 Å². The lowest BCUT2D eigenvalue weighted by atomic mass is 10.00. The van der Waals surface area contributed by atoms with E-state index in [9.17, 15) is 5.11 Å². The van der Waals surface area contributed by atoms with Crippen molar-refractivity contribution in [3.63, 3.8) is 0 Å². The van der Waals surface area contributed by atoms with Gasteiger partial charge in [-0.25, -0.2) is 0 Å². The first-order valence-corrected chi connectivity index (χ1v) is 7.64. The minimum atomic E-state index is -0.157. The smallest absolute Gasteiger partial charge is 0.226 e. The summed E-state index contributed by atoms with van der Waals surface area (Å²) in [7, 11) is 0. The highest BCUT2D eigenvalue weighted by molar-refractivity contribution is 5.87. The first-order valence-electron chi connectivity index (χ1n) is 7.64. The summed E-state index contributed by atoms with van der Waals surface area (Å²) in [4.78, 5) is 11.4. The van der Waals surface area contributed by atoms with E-state index in [1.807, 2.05) is 6.92 Å². The Morgan fingerprint density at radius 2 is 2.29 bits per heavy atom. The molecule has 3 N–H and O–H groups in total. The molecule has 2 aliphatic rings. The number of aliphatic hydroxyl groups excluding tert-OH is 1. The van der Waals surface area contributed by atoms with E-state index in [1.54, 1.807) is 6.20 Å². The Morgan fingerprint density at radius 3 is 3.10 bits per heavy atom. The Kier molecular flexibility index (Phi) is 2.95. The molecule has 112 valence electrons. The summed E-state index contributed by atoms with van der Waals surface area (Å²) in [5, 5.41) is 21.2. The molecule has 0 spiro atoms. The number of hydrogen-bond acceptors (Lipinski definition) is 6. The van der Waals surface area contributed by atoms with Crippen molar-refractivity contribution in [3.05, 3.63) is 6.20 Å². The topological polar surface area (TPSA) is 90.0 Å². The second-order valence-electron chi connectivity index (χ2n) is 6.01. The van der Waals surface area contributed by atoms with E-state index in [4.69, 9.17) is 0 Å². The molecular weight excluding hydrogens is 268 g/mol. The van der Waals surface area contributed by atoms with Crippen LogP contribution in [0, 0.1) is 11.8 Å². The van der Waals surface area contributed by atoms with Crippen LogP contribution in [0.2, 0.25) is 0 Å². The van der Waals surface area contributed by atoms with Crippen molar-refractivity contribution in [1.82, 2.24) is 20.2 Å². The molecule has 3 atom stereocenters. The van der Waals surface area contributed by atoms with Crippen molar-refractivity contribution < 1.29 is 5.11 Å². The zero-order valence-corrected chi connectivity index (χ0v) is 12.1. The minimum absolute atomic E-state index is 0.157. The van der Waals surface area contributed by atoms with E-state index in [0.717, 1.165) is 49.3 Å². The molecule has 21 heavy (non-hydrogen) atoms. The maximum absolute atomic E-state index is 10.1. The van der Waals surface area contributed by atoms with E-state index in [0.29, 0.717) is 17.8 Å². The first kappa shape index (κ1) is 12.8. The molecule has 4 rings (SSSR count). The van der Waals surface area contributed by atoms with Crippen molar-refractivity contribution in [2.75, 3.05) is 29.9 Å². The third-order valence-electron chi connectivity index (χ3n) is 4.74. The van der Waals surface area contributed by atoms with Gasteiger partial charge in [0.15, 0.2) is 5.65 Å². The Bertz CT molecular complexity index is 656. The maximum atomic E-state index is 10.1. The normalized spacial score (nSPS) is 28.3. The molecule has 7 heteroatoms. The molecule has 1 saturated heterocycles. The molecule has 1 aliphatic carbocycles. The van der Waals surface area contributed by atoms with Crippen LogP contribution in [0.15, 0.2) is 6.20 Å². The van der Waals surface area contributed by atoms with Crippen LogP contribution in [0.5, 0.6) is 0 Å². The van der Waals surface area contributed by atoms with E-state index in [1.165, 1.54) is 0 Å². The van der Waals surface area contributed by atoms with Crippen LogP contribution < -0.4 is 10.2 Å². The number of aromatic nitrogens is 4. The molecule has 1 saturated carbocycles. The molecular formula is C14H20N6O. The maximum Gasteiger partial charge on any atom is 0.226 e. The average molecular weight is 288 g/mol. The van der Waals surface area contributed by atoms with Crippen LogP contribution in [0.3, 0.4) is 0 Å². The Balaban J connectivity index is 1.71. The monoisotopic (exact) mass is 288 g/mol. The van der Waals surface area contributed by atoms with Gasteiger partial charge in [-0.15, -0.1) is 0 Å². The van der Waals surface area contributed by atoms with Gasteiger partial charge >= 0.3 is 0 Å². The fourth-order valence-electron chi connectivity index (χ4n) is 3.71. The summed E-state index contributed by atoms with van der Waals surface area (Å²) in [5.41, 5.74) is 0.758. The Hall–Kier alpha value is -1.89. The van der Waals surface area contributed by atoms with Gasteiger partial charge in [-0.05, 0) is 25.7 Å². The Labute approximate surface area is 122 Å². The molecule has 7 nitrogen and oxygen atoms in total. The third kappa shape index (κ3) is 2.03. The van der Waals surface area contributed by atoms with E-state index < -0.39 is 0 Å². The van der Waals surface area contributed by atoms with Crippen LogP contribution >= 0.6 is 0 Å². The predicted octanol–water partition coefficient (Wildman–Crippen LogP) is 0.992. The molecule has 0 amide bonds. The summed E-state index contributed by atoms with van der Waals surface area (Å²) in [6.07, 6.45) is 3.68. The largest absolute Gasteiger partial charge is 0.393 e. The molecule has 1 aliphatic heterocycles. The lowest BCUT2D eigenvalue weighted by molar-refractivity contribution is 0.133. The van der Waals surface area contributed by atoms with Gasteiger partial charge in [0, 0.05) is 25.6 Å². The second-order valence-corrected chi connectivity index (χ2v) is 6.01. The number of aromatic amines is 1. The SMILES string of the molecule is CCNc1nc(N2CC3CCC(O)C3C2)c2cn[nH]c2n1. The molecule has 3 unspecified atom stereocenters. The highest BCUT2D eigenvalue weighted by atomic mass is 16.3. The van der Waals surface area contributed by atoms with Crippen molar-refractivity contribution in [3.8, 4) is 0 Å². The fourth-order valence-corrected chi connectivity index (χ4v) is 3.71. The minimum Gasteiger partial charge on any atom is -0.393 e. The molecule has 2 fully saturated rings. The van der Waals surface area contributed by atoms with Crippen molar-refractivity contribution in [2.45, 2.75) is 25.9 Å². The van der Waals surface area contributed by atoms with Crippen molar-refractivity contribution in [2.24, 2.45) is 11.8 Å². The van der Waals surface area contributed by atoms with Crippen molar-refractivity contribution >= 4 is 22.8 Å². The summed E-state index contributed by atoms with van der Waals surface area (Å²) in [5.74, 6) is 2.51. The van der Waals surface area contributed by atoms with Crippen LogP contribution in [0.4, 0.5) is 11.8 Å². The summed E-state index contributed by atoms with van der Waals surface area (Å²) >= 11 is 0. The van der Waals surface area contributed by atoms with Gasteiger partial charge in [-0.1, -0.05) is 0 Å². The van der Waals surface area contributed by atoms with Crippen molar-refractivity contribution in [1.29, 1.82) is 0 Å². The zero-order valence-electron chi connectivity index (χ0n) is 12.1. The number of nitrogens with one attached hydrogen (secondary N) is 2. The van der Waals surface area contributed by atoms with Gasteiger partial charge in [-0.3, -0.25) is 5.10 Å². The van der Waals surface area contributed by atoms with Gasteiger partial charge in [-0.2, -0.15) is 15.1 Å². The molecule has 2 aromatic heterocycles. The highest BCUT2D eigenvalue weighted by Crippen LogP contribution is 2.40. The highest BCUT2D eigenvalue weighted by Gasteiger charge is 2.42. The van der Waals surface area contributed by atoms with Gasteiger partial charge in [0.2, 0.25) is 5.95 Å². The molecule has 3 heterocycles. The number of rotatable bonds is 3. The quantitative estimate of drug-likeness (QED) is 0.780. The number of anilines is 2. The first-order chi connectivity index (χ1) is 10.3. The molecule has 2 aromatic rings. The lowest BCUT2D eigenvalue weighted by Gasteiger charge is -2.20. The van der Waals surface area contributed by atoms with Gasteiger partial charge < -0.3 is 15.3 Å². The van der Waals surface area contributed by atoms with E-state index >= 15 is 0 Å². The third-order valence-corrected chi connectivity index (χ3v) is 4.74. The van der Waals surface area contributed by atoms with Gasteiger partial charge in [0.25, 0.3) is 0 Å². The van der Waals surface area contributed by atoms with Crippen LogP contribution in [-0.4, -0.2) is 51.0 Å². The van der Waals surface area contributed by atoms with E-state index in [-0.39, 0.29) is 6.10 Å². The Morgan fingerprint density at radius 1 is 1.38 bits per heavy atom. The average Bonchev–Trinajstić information content (AvgIpc) is 3.16. The standard InChI is InChI=1S/C14H20N6O/c1-2-15-14-17-12-9(5-16-19-12)13(18-14)20-6-8-3-4-11(21)10(8)7-20/h5,8,10-11,21H,2-4,6-7H2,1H3,(H2,15,16,17,18,19). The predicted molar refractivity (Wildman–Crippen MR) is 80.3 cm³/mol. The summed E-state index contributed by atoms with van der Waals surface area (Å²) in [6.45, 7) is 4.64. The second kappa shape index (κ2) is 4.84. The molecule has 0 radical (unpaired) electrons. The summed E-state index contributed by atoms with van der Waals surface area (Å²) in [6, 6.07) is 0. The number of fused-ring (bicyclic) bond motifs is 2. The lowest BCUT2D eigenvalue weighted by Crippen LogP contribution is -2.25. The van der Waals surface area contributed by atoms with Crippen LogP contribution in [-0.2, 0) is 0 Å². The molecule has 0 aromatic carbocycles.